The van der Waals surface area contributed by atoms with Gasteiger partial charge in [0.25, 0.3) is 0 Å². The Bertz CT molecular complexity index is 1020. The summed E-state index contributed by atoms with van der Waals surface area (Å²) in [4.78, 5) is 12.9. The fourth-order valence-corrected chi connectivity index (χ4v) is 5.88. The lowest BCUT2D eigenvalue weighted by Gasteiger charge is -2.31. The normalized spacial score (nSPS) is 17.8. The molecule has 0 radical (unpaired) electrons. The van der Waals surface area contributed by atoms with Gasteiger partial charge in [-0.3, -0.25) is 4.79 Å². The van der Waals surface area contributed by atoms with Gasteiger partial charge in [0.05, 0.1) is 11.7 Å². The lowest BCUT2D eigenvalue weighted by Crippen LogP contribution is -2.44. The van der Waals surface area contributed by atoms with E-state index >= 15 is 0 Å². The number of hydrogen-bond acceptors (Lipinski definition) is 3. The highest BCUT2D eigenvalue weighted by Crippen LogP contribution is 2.28. The molecular formula is C22H26Cl2N2O3S. The number of nitrogens with zero attached hydrogens (tertiary/aromatic N) is 1. The Hall–Kier alpha value is -1.60. The smallest absolute Gasteiger partial charge is 0.228 e. The first-order valence-electron chi connectivity index (χ1n) is 9.99. The zero-order valence-corrected chi connectivity index (χ0v) is 19.4. The topological polar surface area (TPSA) is 66.5 Å². The van der Waals surface area contributed by atoms with Crippen LogP contribution in [0, 0.1) is 5.92 Å². The van der Waals surface area contributed by atoms with Crippen molar-refractivity contribution in [2.24, 2.45) is 5.92 Å². The van der Waals surface area contributed by atoms with E-state index in [1.165, 1.54) is 10.4 Å². The monoisotopic (exact) mass is 468 g/mol. The number of hydrogen-bond donors (Lipinski definition) is 1. The minimum absolute atomic E-state index is 0.146. The molecule has 0 spiro atoms. The van der Waals surface area contributed by atoms with Gasteiger partial charge in [-0.15, -0.1) is 0 Å². The number of carbonyl (C=O) groups is 1. The zero-order valence-electron chi connectivity index (χ0n) is 17.1. The third-order valence-electron chi connectivity index (χ3n) is 5.34. The molecule has 8 heteroatoms. The average molecular weight is 469 g/mol. The number of rotatable bonds is 6. The molecule has 2 aromatic rings. The predicted octanol–water partition coefficient (Wildman–Crippen LogP) is 5.30. The molecule has 1 heterocycles. The van der Waals surface area contributed by atoms with Gasteiger partial charge in [0.2, 0.25) is 15.9 Å². The van der Waals surface area contributed by atoms with Gasteiger partial charge in [0.15, 0.2) is 0 Å². The van der Waals surface area contributed by atoms with E-state index in [0.717, 1.165) is 11.3 Å². The molecule has 1 saturated heterocycles. The van der Waals surface area contributed by atoms with E-state index in [-0.39, 0.29) is 24.1 Å². The molecule has 1 aliphatic rings. The summed E-state index contributed by atoms with van der Waals surface area (Å²) in [6, 6.07) is 12.5. The molecule has 0 bridgehead atoms. The Morgan fingerprint density at radius 1 is 1.20 bits per heavy atom. The molecule has 0 saturated carbocycles. The lowest BCUT2D eigenvalue weighted by atomic mass is 9.97. The molecule has 1 atom stereocenters. The maximum atomic E-state index is 13.0. The van der Waals surface area contributed by atoms with Crippen LogP contribution in [-0.2, 0) is 20.6 Å². The number of amides is 1. The summed E-state index contributed by atoms with van der Waals surface area (Å²) < 4.78 is 27.3. The highest BCUT2D eigenvalue weighted by molar-refractivity contribution is 7.88. The quantitative estimate of drug-likeness (QED) is 0.625. The lowest BCUT2D eigenvalue weighted by molar-refractivity contribution is -0.120. The first kappa shape index (κ1) is 23.1. The molecule has 2 aromatic carbocycles. The molecule has 30 heavy (non-hydrogen) atoms. The highest BCUT2D eigenvalue weighted by Gasteiger charge is 2.33. The van der Waals surface area contributed by atoms with Crippen LogP contribution in [-0.4, -0.2) is 31.7 Å². The molecule has 0 aliphatic carbocycles. The van der Waals surface area contributed by atoms with E-state index in [9.17, 15) is 13.2 Å². The number of halogens is 2. The number of piperidine rings is 1. The first-order valence-corrected chi connectivity index (χ1v) is 12.4. The Morgan fingerprint density at radius 3 is 2.63 bits per heavy atom. The Morgan fingerprint density at radius 2 is 1.93 bits per heavy atom. The largest absolute Gasteiger partial charge is 0.326 e. The number of nitrogens with one attached hydrogen (secondary N) is 1. The standard InChI is InChI=1S/C22H26Cl2N2O3S/c1-15(2)19-7-3-4-8-21(19)25-22(27)16-6-5-11-26(13-16)30(28,29)14-17-9-10-18(23)12-20(17)24/h3-4,7-10,12,15-16H,5-6,11,13-14H2,1-2H3,(H,25,27)/t16-/m1/s1. The van der Waals surface area contributed by atoms with Gasteiger partial charge in [0, 0.05) is 28.8 Å². The average Bonchev–Trinajstić information content (AvgIpc) is 2.70. The second kappa shape index (κ2) is 9.69. The van der Waals surface area contributed by atoms with E-state index < -0.39 is 15.9 Å². The molecule has 0 unspecified atom stereocenters. The second-order valence-corrected chi connectivity index (χ2v) is 10.7. The summed E-state index contributed by atoms with van der Waals surface area (Å²) in [6.07, 6.45) is 1.29. The van der Waals surface area contributed by atoms with Crippen molar-refractivity contribution >= 4 is 44.8 Å². The molecule has 3 rings (SSSR count). The van der Waals surface area contributed by atoms with Crippen LogP contribution in [0.5, 0.6) is 0 Å². The molecule has 1 aliphatic heterocycles. The molecule has 1 N–H and O–H groups in total. The third-order valence-corrected chi connectivity index (χ3v) is 7.72. The van der Waals surface area contributed by atoms with E-state index in [2.05, 4.69) is 19.2 Å². The van der Waals surface area contributed by atoms with E-state index in [0.29, 0.717) is 35.0 Å². The van der Waals surface area contributed by atoms with Crippen LogP contribution < -0.4 is 5.32 Å². The molecule has 5 nitrogen and oxygen atoms in total. The highest BCUT2D eigenvalue weighted by atomic mass is 35.5. The SMILES string of the molecule is CC(C)c1ccccc1NC(=O)[C@@H]1CCCN(S(=O)(=O)Cc2ccc(Cl)cc2Cl)C1. The van der Waals surface area contributed by atoms with Crippen LogP contribution in [0.3, 0.4) is 0 Å². The maximum Gasteiger partial charge on any atom is 0.228 e. The van der Waals surface area contributed by atoms with Crippen LogP contribution in [0.15, 0.2) is 42.5 Å². The Labute approximate surface area is 188 Å². The summed E-state index contributed by atoms with van der Waals surface area (Å²) in [5.41, 5.74) is 2.34. The van der Waals surface area contributed by atoms with Crippen molar-refractivity contribution in [1.29, 1.82) is 0 Å². The van der Waals surface area contributed by atoms with Crippen molar-refractivity contribution in [3.63, 3.8) is 0 Å². The Kier molecular flexibility index (Phi) is 7.45. The van der Waals surface area contributed by atoms with Crippen molar-refractivity contribution in [1.82, 2.24) is 4.31 Å². The van der Waals surface area contributed by atoms with Crippen molar-refractivity contribution in [3.05, 3.63) is 63.6 Å². The molecule has 0 aromatic heterocycles. The van der Waals surface area contributed by atoms with Gasteiger partial charge in [0.1, 0.15) is 0 Å². The van der Waals surface area contributed by atoms with Crippen LogP contribution in [0.1, 0.15) is 43.7 Å². The van der Waals surface area contributed by atoms with Crippen molar-refractivity contribution in [3.8, 4) is 0 Å². The second-order valence-electron chi connectivity index (χ2n) is 7.92. The number of sulfonamides is 1. The van der Waals surface area contributed by atoms with Gasteiger partial charge in [-0.1, -0.05) is 61.3 Å². The number of benzene rings is 2. The summed E-state index contributed by atoms with van der Waals surface area (Å²) in [5, 5.41) is 3.78. The molecule has 1 fully saturated rings. The zero-order chi connectivity index (χ0) is 21.9. The third kappa shape index (κ3) is 5.55. The molecule has 1 amide bonds. The van der Waals surface area contributed by atoms with Crippen LogP contribution in [0.2, 0.25) is 10.0 Å². The number of carbonyl (C=O) groups excluding carboxylic acids is 1. The van der Waals surface area contributed by atoms with Gasteiger partial charge < -0.3 is 5.32 Å². The van der Waals surface area contributed by atoms with Crippen LogP contribution in [0.4, 0.5) is 5.69 Å². The molecular weight excluding hydrogens is 443 g/mol. The van der Waals surface area contributed by atoms with Crippen molar-refractivity contribution < 1.29 is 13.2 Å². The van der Waals surface area contributed by atoms with Gasteiger partial charge in [-0.2, -0.15) is 0 Å². The van der Waals surface area contributed by atoms with Gasteiger partial charge in [-0.25, -0.2) is 12.7 Å². The summed E-state index contributed by atoms with van der Waals surface area (Å²) in [6.45, 7) is 4.72. The minimum atomic E-state index is -3.61. The summed E-state index contributed by atoms with van der Waals surface area (Å²) in [7, 11) is -3.61. The van der Waals surface area contributed by atoms with E-state index in [4.69, 9.17) is 23.2 Å². The van der Waals surface area contributed by atoms with Crippen LogP contribution in [0.25, 0.3) is 0 Å². The van der Waals surface area contributed by atoms with E-state index in [1.54, 1.807) is 12.1 Å². The fourth-order valence-electron chi connectivity index (χ4n) is 3.68. The fraction of sp³-hybridized carbons (Fsp3) is 0.409. The minimum Gasteiger partial charge on any atom is -0.326 e. The summed E-state index contributed by atoms with van der Waals surface area (Å²) >= 11 is 12.1. The van der Waals surface area contributed by atoms with Crippen molar-refractivity contribution in [2.75, 3.05) is 18.4 Å². The number of para-hydroxylation sites is 1. The van der Waals surface area contributed by atoms with Gasteiger partial charge in [-0.05, 0) is 48.1 Å². The van der Waals surface area contributed by atoms with E-state index in [1.807, 2.05) is 24.3 Å². The van der Waals surface area contributed by atoms with Crippen LogP contribution >= 0.6 is 23.2 Å². The van der Waals surface area contributed by atoms with Gasteiger partial charge >= 0.3 is 0 Å². The first-order chi connectivity index (χ1) is 14.2. The maximum absolute atomic E-state index is 13.0. The van der Waals surface area contributed by atoms with Crippen molar-refractivity contribution in [2.45, 2.75) is 38.4 Å². The molecule has 162 valence electrons. The predicted molar refractivity (Wildman–Crippen MR) is 123 cm³/mol. The Balaban J connectivity index is 1.70. The number of anilines is 1. The summed E-state index contributed by atoms with van der Waals surface area (Å²) in [5.74, 6) is -0.483.